The number of alkyl halides is 3. The highest BCUT2D eigenvalue weighted by Crippen LogP contribution is 2.37. The van der Waals surface area contributed by atoms with Crippen molar-refractivity contribution >= 4 is 44.8 Å². The van der Waals surface area contributed by atoms with Crippen molar-refractivity contribution in [2.45, 2.75) is 31.0 Å². The maximum absolute atomic E-state index is 13.3. The Morgan fingerprint density at radius 3 is 2.37 bits per heavy atom. The molecule has 0 bridgehead atoms. The minimum Gasteiger partial charge on any atom is -0.342 e. The standard InChI is InChI=1S/C20H19Cl2F3N6O3S/c1-10(2)31-17(27-28-18(31)19(32)30(3)4)16-15(7-11(21)9-26-16)29-35(33,34)12-5-6-14(22)13(8-12)20(23,24)25/h5-10,29H,1-4H3. The molecule has 1 amide bonds. The number of anilines is 1. The molecule has 0 aliphatic heterocycles. The van der Waals surface area contributed by atoms with Crippen molar-refractivity contribution in [3.05, 3.63) is 51.9 Å². The zero-order chi connectivity index (χ0) is 26.3. The third-order valence-electron chi connectivity index (χ3n) is 4.67. The van der Waals surface area contributed by atoms with Gasteiger partial charge in [0, 0.05) is 26.3 Å². The number of hydrogen-bond acceptors (Lipinski definition) is 6. The van der Waals surface area contributed by atoms with E-state index in [2.05, 4.69) is 19.9 Å². The van der Waals surface area contributed by atoms with E-state index in [0.29, 0.717) is 6.07 Å². The van der Waals surface area contributed by atoms with Crippen molar-refractivity contribution in [1.82, 2.24) is 24.6 Å². The molecule has 1 N–H and O–H groups in total. The van der Waals surface area contributed by atoms with Crippen LogP contribution in [0, 0.1) is 0 Å². The predicted molar refractivity (Wildman–Crippen MR) is 124 cm³/mol. The third-order valence-corrected chi connectivity index (χ3v) is 6.57. The van der Waals surface area contributed by atoms with Crippen LogP contribution in [-0.2, 0) is 16.2 Å². The topological polar surface area (TPSA) is 110 Å². The number of nitrogens with zero attached hydrogens (tertiary/aromatic N) is 5. The molecule has 0 saturated heterocycles. The van der Waals surface area contributed by atoms with Gasteiger partial charge in [0.1, 0.15) is 5.69 Å². The third kappa shape index (κ3) is 5.52. The molecule has 35 heavy (non-hydrogen) atoms. The van der Waals surface area contributed by atoms with E-state index in [4.69, 9.17) is 23.2 Å². The summed E-state index contributed by atoms with van der Waals surface area (Å²) in [5, 5.41) is 7.35. The van der Waals surface area contributed by atoms with Crippen molar-refractivity contribution < 1.29 is 26.4 Å². The molecule has 0 saturated carbocycles. The van der Waals surface area contributed by atoms with Gasteiger partial charge in [-0.2, -0.15) is 13.2 Å². The normalized spacial score (nSPS) is 12.2. The zero-order valence-electron chi connectivity index (χ0n) is 18.7. The number of benzene rings is 1. The Morgan fingerprint density at radius 1 is 1.14 bits per heavy atom. The van der Waals surface area contributed by atoms with Crippen LogP contribution in [0.4, 0.5) is 18.9 Å². The molecule has 9 nitrogen and oxygen atoms in total. The number of carbonyl (C=O) groups excluding carboxylic acids is 1. The second-order valence-corrected chi connectivity index (χ2v) is 10.3. The second kappa shape index (κ2) is 9.63. The molecule has 2 heterocycles. The van der Waals surface area contributed by atoms with Gasteiger partial charge < -0.3 is 4.90 Å². The van der Waals surface area contributed by atoms with Crippen LogP contribution in [0.15, 0.2) is 35.4 Å². The van der Waals surface area contributed by atoms with Crippen molar-refractivity contribution in [1.29, 1.82) is 0 Å². The molecule has 0 spiro atoms. The first-order valence-electron chi connectivity index (χ1n) is 9.85. The molecule has 0 atom stereocenters. The lowest BCUT2D eigenvalue weighted by molar-refractivity contribution is -0.137. The highest BCUT2D eigenvalue weighted by molar-refractivity contribution is 7.92. The fourth-order valence-electron chi connectivity index (χ4n) is 3.08. The Labute approximate surface area is 208 Å². The van der Waals surface area contributed by atoms with Crippen LogP contribution in [0.2, 0.25) is 10.0 Å². The largest absolute Gasteiger partial charge is 0.417 e. The lowest BCUT2D eigenvalue weighted by Gasteiger charge is -2.17. The summed E-state index contributed by atoms with van der Waals surface area (Å²) < 4.78 is 69.4. The minimum absolute atomic E-state index is 0.0157. The number of halogens is 5. The number of rotatable bonds is 6. The van der Waals surface area contributed by atoms with Gasteiger partial charge in [0.05, 0.1) is 26.2 Å². The Balaban J connectivity index is 2.14. The monoisotopic (exact) mass is 550 g/mol. The molecular formula is C20H19Cl2F3N6O3S. The Hall–Kier alpha value is -2.90. The van der Waals surface area contributed by atoms with Gasteiger partial charge in [0.15, 0.2) is 5.82 Å². The fourth-order valence-corrected chi connectivity index (χ4v) is 4.54. The Kier molecular flexibility index (Phi) is 7.34. The second-order valence-electron chi connectivity index (χ2n) is 7.81. The van der Waals surface area contributed by atoms with E-state index in [1.165, 1.54) is 35.8 Å². The fraction of sp³-hybridized carbons (Fsp3) is 0.300. The van der Waals surface area contributed by atoms with Gasteiger partial charge >= 0.3 is 6.18 Å². The highest BCUT2D eigenvalue weighted by atomic mass is 35.5. The quantitative estimate of drug-likeness (QED) is 0.474. The number of aromatic nitrogens is 4. The average Bonchev–Trinajstić information content (AvgIpc) is 3.17. The van der Waals surface area contributed by atoms with Crippen LogP contribution in [0.5, 0.6) is 0 Å². The number of hydrogen-bond donors (Lipinski definition) is 1. The van der Waals surface area contributed by atoms with E-state index in [1.807, 2.05) is 0 Å². The summed E-state index contributed by atoms with van der Waals surface area (Å²) >= 11 is 11.6. The Morgan fingerprint density at radius 2 is 1.80 bits per heavy atom. The van der Waals surface area contributed by atoms with E-state index in [1.54, 1.807) is 13.8 Å². The van der Waals surface area contributed by atoms with Gasteiger partial charge in [-0.1, -0.05) is 23.2 Å². The van der Waals surface area contributed by atoms with Gasteiger partial charge in [-0.05, 0) is 38.1 Å². The summed E-state index contributed by atoms with van der Waals surface area (Å²) in [6.07, 6.45) is -3.64. The van der Waals surface area contributed by atoms with E-state index in [-0.39, 0.29) is 34.1 Å². The molecule has 188 valence electrons. The highest BCUT2D eigenvalue weighted by Gasteiger charge is 2.35. The van der Waals surface area contributed by atoms with Crippen LogP contribution < -0.4 is 4.72 Å². The van der Waals surface area contributed by atoms with Crippen molar-refractivity contribution in [2.24, 2.45) is 0 Å². The molecule has 15 heteroatoms. The van der Waals surface area contributed by atoms with Crippen LogP contribution in [0.25, 0.3) is 11.5 Å². The van der Waals surface area contributed by atoms with E-state index in [9.17, 15) is 26.4 Å². The van der Waals surface area contributed by atoms with Crippen LogP contribution in [0.1, 0.15) is 36.1 Å². The summed E-state index contributed by atoms with van der Waals surface area (Å²) in [6.45, 7) is 3.51. The lowest BCUT2D eigenvalue weighted by atomic mass is 10.2. The first kappa shape index (κ1) is 26.7. The molecule has 3 rings (SSSR count). The molecule has 3 aromatic rings. The molecule has 2 aromatic heterocycles. The van der Waals surface area contributed by atoms with Crippen LogP contribution >= 0.6 is 23.2 Å². The minimum atomic E-state index is -4.87. The van der Waals surface area contributed by atoms with Gasteiger partial charge in [0.2, 0.25) is 5.82 Å². The zero-order valence-corrected chi connectivity index (χ0v) is 21.1. The van der Waals surface area contributed by atoms with Gasteiger partial charge in [-0.15, -0.1) is 10.2 Å². The molecule has 0 aliphatic carbocycles. The van der Waals surface area contributed by atoms with Crippen molar-refractivity contribution in [3.8, 4) is 11.5 Å². The molecule has 1 aromatic carbocycles. The SMILES string of the molecule is CC(C)n1c(C(=O)N(C)C)nnc1-c1ncc(Cl)cc1NS(=O)(=O)c1ccc(Cl)c(C(F)(F)F)c1. The number of nitrogens with one attached hydrogen (secondary N) is 1. The molecule has 0 fully saturated rings. The van der Waals surface area contributed by atoms with E-state index in [0.717, 1.165) is 12.1 Å². The molecule has 0 radical (unpaired) electrons. The number of carbonyl (C=O) groups is 1. The Bertz CT molecular complexity index is 1390. The van der Waals surface area contributed by atoms with Crippen molar-refractivity contribution in [3.63, 3.8) is 0 Å². The number of pyridine rings is 1. The first-order chi connectivity index (χ1) is 16.1. The van der Waals surface area contributed by atoms with Gasteiger partial charge in [0.25, 0.3) is 15.9 Å². The first-order valence-corrected chi connectivity index (χ1v) is 12.1. The average molecular weight is 551 g/mol. The lowest BCUT2D eigenvalue weighted by Crippen LogP contribution is -2.26. The van der Waals surface area contributed by atoms with Gasteiger partial charge in [-0.25, -0.2) is 13.4 Å². The molecule has 0 unspecified atom stereocenters. The summed E-state index contributed by atoms with van der Waals surface area (Å²) in [7, 11) is -1.50. The number of amides is 1. The van der Waals surface area contributed by atoms with Crippen molar-refractivity contribution in [2.75, 3.05) is 18.8 Å². The molecular weight excluding hydrogens is 532 g/mol. The van der Waals surface area contributed by atoms with E-state index >= 15 is 0 Å². The maximum Gasteiger partial charge on any atom is 0.417 e. The summed E-state index contributed by atoms with van der Waals surface area (Å²) in [5.74, 6) is -0.417. The van der Waals surface area contributed by atoms with E-state index < -0.39 is 37.6 Å². The van der Waals surface area contributed by atoms with Crippen LogP contribution in [-0.4, -0.2) is 53.1 Å². The summed E-state index contributed by atoms with van der Waals surface area (Å²) in [5.41, 5.74) is -1.53. The summed E-state index contributed by atoms with van der Waals surface area (Å²) in [6, 6.07) is 3.07. The van der Waals surface area contributed by atoms with Gasteiger partial charge in [-0.3, -0.25) is 14.1 Å². The smallest absolute Gasteiger partial charge is 0.342 e. The number of sulfonamides is 1. The molecule has 0 aliphatic rings. The van der Waals surface area contributed by atoms with Crippen LogP contribution in [0.3, 0.4) is 0 Å². The predicted octanol–water partition coefficient (Wildman–Crippen LogP) is 4.75. The maximum atomic E-state index is 13.3. The summed E-state index contributed by atoms with van der Waals surface area (Å²) in [4.78, 5) is 17.3.